The Kier molecular flexibility index (Phi) is 6.31. The van der Waals surface area contributed by atoms with E-state index in [4.69, 9.17) is 10.5 Å². The number of guanidine groups is 1. The summed E-state index contributed by atoms with van der Waals surface area (Å²) in [6.45, 7) is 2.66. The molecule has 1 fully saturated rings. The van der Waals surface area contributed by atoms with Gasteiger partial charge in [0.25, 0.3) is 0 Å². The van der Waals surface area contributed by atoms with E-state index in [1.54, 1.807) is 0 Å². The van der Waals surface area contributed by atoms with Crippen molar-refractivity contribution in [2.45, 2.75) is 31.3 Å². The molecule has 0 aliphatic carbocycles. The smallest absolute Gasteiger partial charge is 0.189 e. The number of benzene rings is 1. The summed E-state index contributed by atoms with van der Waals surface area (Å²) in [5, 5.41) is 3.34. The highest BCUT2D eigenvalue weighted by atomic mass is 127. The maximum Gasteiger partial charge on any atom is 0.189 e. The van der Waals surface area contributed by atoms with Gasteiger partial charge < -0.3 is 20.7 Å². The number of hydrogen-bond acceptors (Lipinski definition) is 3. The molecule has 0 saturated carbocycles. The number of likely N-dealkylation sites (tertiary alicyclic amines) is 1. The molecule has 2 aliphatic rings. The van der Waals surface area contributed by atoms with Gasteiger partial charge in [-0.2, -0.15) is 0 Å². The molecule has 0 bridgehead atoms. The maximum absolute atomic E-state index is 6.06. The molecule has 2 atom stereocenters. The van der Waals surface area contributed by atoms with Crippen molar-refractivity contribution >= 4 is 29.9 Å². The summed E-state index contributed by atoms with van der Waals surface area (Å²) in [5.74, 6) is 1.49. The number of aliphatic imine (C=N–C) groups is 1. The summed E-state index contributed by atoms with van der Waals surface area (Å²) < 4.78 is 5.66. The van der Waals surface area contributed by atoms with Gasteiger partial charge in [-0.3, -0.25) is 4.99 Å². The molecule has 1 aromatic rings. The summed E-state index contributed by atoms with van der Waals surface area (Å²) in [6.07, 6.45) is 3.39. The van der Waals surface area contributed by atoms with Crippen LogP contribution in [0.25, 0.3) is 0 Å². The van der Waals surface area contributed by atoms with Crippen LogP contribution in [0.4, 0.5) is 0 Å². The summed E-state index contributed by atoms with van der Waals surface area (Å²) in [4.78, 5) is 6.89. The van der Waals surface area contributed by atoms with Crippen LogP contribution in [-0.4, -0.2) is 43.6 Å². The van der Waals surface area contributed by atoms with Gasteiger partial charge in [0.2, 0.25) is 0 Å². The van der Waals surface area contributed by atoms with E-state index >= 15 is 0 Å². The molecule has 0 radical (unpaired) electrons. The predicted molar refractivity (Wildman–Crippen MR) is 100.0 cm³/mol. The third-order valence-corrected chi connectivity index (χ3v) is 4.42. The number of nitrogens with one attached hydrogen (secondary N) is 1. The Balaban J connectivity index is 0.00000176. The predicted octanol–water partition coefficient (Wildman–Crippen LogP) is 2.13. The van der Waals surface area contributed by atoms with Gasteiger partial charge in [-0.05, 0) is 32.5 Å². The Hall–Kier alpha value is -1.02. The van der Waals surface area contributed by atoms with E-state index in [2.05, 4.69) is 28.3 Å². The van der Waals surface area contributed by atoms with E-state index < -0.39 is 0 Å². The molecule has 22 heavy (non-hydrogen) atoms. The Bertz CT molecular complexity index is 523. The van der Waals surface area contributed by atoms with Crippen LogP contribution >= 0.6 is 24.0 Å². The van der Waals surface area contributed by atoms with Gasteiger partial charge in [0.15, 0.2) is 5.96 Å². The minimum atomic E-state index is 0. The lowest BCUT2D eigenvalue weighted by Crippen LogP contribution is -2.38. The van der Waals surface area contributed by atoms with E-state index in [1.807, 2.05) is 18.2 Å². The molecule has 1 saturated heterocycles. The van der Waals surface area contributed by atoms with Crippen LogP contribution in [-0.2, 0) is 0 Å². The second kappa shape index (κ2) is 8.01. The highest BCUT2D eigenvalue weighted by molar-refractivity contribution is 14.0. The van der Waals surface area contributed by atoms with Crippen LogP contribution in [0.1, 0.15) is 30.9 Å². The summed E-state index contributed by atoms with van der Waals surface area (Å²) in [7, 11) is 2.16. The third kappa shape index (κ3) is 4.04. The lowest BCUT2D eigenvalue weighted by atomic mass is 10.0. The Morgan fingerprint density at radius 2 is 2.23 bits per heavy atom. The first-order chi connectivity index (χ1) is 10.2. The first kappa shape index (κ1) is 17.3. The van der Waals surface area contributed by atoms with Crippen LogP contribution < -0.4 is 15.8 Å². The molecule has 1 aromatic carbocycles. The van der Waals surface area contributed by atoms with E-state index in [1.165, 1.54) is 24.9 Å². The van der Waals surface area contributed by atoms with Crippen molar-refractivity contribution in [3.8, 4) is 5.75 Å². The highest BCUT2D eigenvalue weighted by Gasteiger charge is 2.22. The van der Waals surface area contributed by atoms with Crippen molar-refractivity contribution < 1.29 is 4.74 Å². The first-order valence-electron chi connectivity index (χ1n) is 7.72. The number of nitrogens with two attached hydrogens (primary N) is 1. The van der Waals surface area contributed by atoms with Crippen LogP contribution in [0.3, 0.4) is 0 Å². The Morgan fingerprint density at radius 3 is 3.00 bits per heavy atom. The molecule has 3 rings (SSSR count). The molecule has 3 N–H and O–H groups in total. The number of hydrogen-bond donors (Lipinski definition) is 2. The molecule has 5 nitrogen and oxygen atoms in total. The monoisotopic (exact) mass is 416 g/mol. The number of ether oxygens (including phenoxy) is 1. The van der Waals surface area contributed by atoms with Crippen molar-refractivity contribution in [2.75, 3.05) is 26.7 Å². The second-order valence-electron chi connectivity index (χ2n) is 5.87. The number of nitrogens with zero attached hydrogens (tertiary/aromatic N) is 2. The molecule has 2 heterocycles. The van der Waals surface area contributed by atoms with E-state index in [-0.39, 0.29) is 30.0 Å². The fraction of sp³-hybridized carbons (Fsp3) is 0.562. The van der Waals surface area contributed by atoms with E-state index in [9.17, 15) is 0 Å². The molecular weight excluding hydrogens is 391 g/mol. The molecule has 2 aliphatic heterocycles. The van der Waals surface area contributed by atoms with Crippen LogP contribution in [0, 0.1) is 0 Å². The minimum absolute atomic E-state index is 0. The third-order valence-electron chi connectivity index (χ3n) is 4.42. The van der Waals surface area contributed by atoms with Crippen LogP contribution in [0.2, 0.25) is 0 Å². The lowest BCUT2D eigenvalue weighted by molar-refractivity contribution is 0.262. The summed E-state index contributed by atoms with van der Waals surface area (Å²) in [5.41, 5.74) is 7.23. The van der Waals surface area contributed by atoms with Gasteiger partial charge >= 0.3 is 0 Å². The van der Waals surface area contributed by atoms with Gasteiger partial charge in [-0.15, -0.1) is 24.0 Å². The van der Waals surface area contributed by atoms with E-state index in [0.29, 0.717) is 18.6 Å². The number of likely N-dealkylation sites (N-methyl/N-ethyl adjacent to an activating group) is 1. The molecule has 0 amide bonds. The number of para-hydroxylation sites is 1. The second-order valence-corrected chi connectivity index (χ2v) is 5.87. The number of rotatable bonds is 3. The molecular formula is C16H25IN4O. The van der Waals surface area contributed by atoms with Gasteiger partial charge in [-0.1, -0.05) is 18.2 Å². The van der Waals surface area contributed by atoms with Gasteiger partial charge in [0.05, 0.1) is 19.2 Å². The molecule has 0 aromatic heterocycles. The number of fused-ring (bicyclic) bond motifs is 1. The fourth-order valence-corrected chi connectivity index (χ4v) is 3.13. The zero-order chi connectivity index (χ0) is 14.7. The summed E-state index contributed by atoms with van der Waals surface area (Å²) in [6, 6.07) is 8.85. The van der Waals surface area contributed by atoms with Gasteiger partial charge in [0.1, 0.15) is 5.75 Å². The largest absolute Gasteiger partial charge is 0.493 e. The maximum atomic E-state index is 6.06. The zero-order valence-electron chi connectivity index (χ0n) is 13.0. The fourth-order valence-electron chi connectivity index (χ4n) is 3.13. The van der Waals surface area contributed by atoms with Crippen molar-refractivity contribution in [3.63, 3.8) is 0 Å². The molecule has 122 valence electrons. The zero-order valence-corrected chi connectivity index (χ0v) is 15.3. The average molecular weight is 416 g/mol. The standard InChI is InChI=1S/C16H24N4O.HI/c1-20-9-4-5-12(20)11-18-16(17)19-14-8-10-21-15-7-3-2-6-13(14)15;/h2-3,6-7,12,14H,4-5,8-11H2,1H3,(H3,17,18,19);1H. The van der Waals surface area contributed by atoms with Crippen molar-refractivity contribution in [3.05, 3.63) is 29.8 Å². The molecule has 6 heteroatoms. The Labute approximate surface area is 149 Å². The van der Waals surface area contributed by atoms with Crippen molar-refractivity contribution in [2.24, 2.45) is 10.7 Å². The quantitative estimate of drug-likeness (QED) is 0.450. The Morgan fingerprint density at radius 1 is 1.41 bits per heavy atom. The number of halogens is 1. The molecule has 2 unspecified atom stereocenters. The van der Waals surface area contributed by atoms with Gasteiger partial charge in [0, 0.05) is 18.0 Å². The van der Waals surface area contributed by atoms with Gasteiger partial charge in [-0.25, -0.2) is 0 Å². The van der Waals surface area contributed by atoms with Crippen molar-refractivity contribution in [1.29, 1.82) is 0 Å². The van der Waals surface area contributed by atoms with E-state index in [0.717, 1.165) is 18.7 Å². The average Bonchev–Trinajstić information content (AvgIpc) is 2.91. The topological polar surface area (TPSA) is 62.9 Å². The summed E-state index contributed by atoms with van der Waals surface area (Å²) >= 11 is 0. The van der Waals surface area contributed by atoms with Crippen LogP contribution in [0.5, 0.6) is 5.75 Å². The minimum Gasteiger partial charge on any atom is -0.493 e. The highest BCUT2D eigenvalue weighted by Crippen LogP contribution is 2.31. The normalized spacial score (nSPS) is 25.0. The van der Waals surface area contributed by atoms with Crippen molar-refractivity contribution in [1.82, 2.24) is 10.2 Å². The SMILES string of the molecule is CN1CCCC1CN=C(N)NC1CCOc2ccccc21.I. The first-order valence-corrected chi connectivity index (χ1v) is 7.72. The molecule has 0 spiro atoms. The lowest BCUT2D eigenvalue weighted by Gasteiger charge is -2.27. The van der Waals surface area contributed by atoms with Crippen LogP contribution in [0.15, 0.2) is 29.3 Å².